The maximum Gasteiger partial charge on any atom is 0.226 e. The van der Waals surface area contributed by atoms with E-state index in [-0.39, 0.29) is 18.4 Å². The van der Waals surface area contributed by atoms with E-state index in [1.165, 1.54) is 5.56 Å². The van der Waals surface area contributed by atoms with Gasteiger partial charge in [-0.25, -0.2) is 4.98 Å². The van der Waals surface area contributed by atoms with Crippen LogP contribution in [0.2, 0.25) is 5.02 Å². The molecule has 0 aliphatic carbocycles. The summed E-state index contributed by atoms with van der Waals surface area (Å²) in [5.41, 5.74) is 2.98. The molecule has 0 radical (unpaired) electrons. The Labute approximate surface area is 176 Å². The molecular formula is C21H23Cl2N3O2. The molecule has 0 bridgehead atoms. The number of ether oxygens (including phenoxy) is 1. The van der Waals surface area contributed by atoms with Crippen molar-refractivity contribution in [2.45, 2.75) is 12.6 Å². The first-order valence-electron chi connectivity index (χ1n) is 9.02. The molecule has 2 aromatic carbocycles. The lowest BCUT2D eigenvalue weighted by atomic mass is 10.0. The van der Waals surface area contributed by atoms with Crippen molar-refractivity contribution in [3.05, 3.63) is 71.1 Å². The summed E-state index contributed by atoms with van der Waals surface area (Å²) < 4.78 is 11.3. The van der Waals surface area contributed by atoms with Gasteiger partial charge in [-0.05, 0) is 24.3 Å². The lowest BCUT2D eigenvalue weighted by molar-refractivity contribution is 0.149. The molecule has 3 aromatic rings. The van der Waals surface area contributed by atoms with Gasteiger partial charge >= 0.3 is 0 Å². The SMILES string of the molecule is COc1ccccc1C1CNCCN1Cc1coc(-c2cccc(Cl)c2)n1.Cl. The second kappa shape index (κ2) is 9.43. The second-order valence-electron chi connectivity index (χ2n) is 6.59. The third-order valence-electron chi connectivity index (χ3n) is 4.84. The number of para-hydroxylation sites is 1. The number of methoxy groups -OCH3 is 1. The highest BCUT2D eigenvalue weighted by molar-refractivity contribution is 6.30. The molecule has 148 valence electrons. The molecule has 0 spiro atoms. The Morgan fingerprint density at radius 1 is 1.25 bits per heavy atom. The minimum absolute atomic E-state index is 0. The Bertz CT molecular complexity index is 916. The molecule has 0 amide bonds. The van der Waals surface area contributed by atoms with E-state index < -0.39 is 0 Å². The van der Waals surface area contributed by atoms with Crippen LogP contribution in [0.3, 0.4) is 0 Å². The maximum atomic E-state index is 6.08. The molecule has 1 aliphatic rings. The first-order chi connectivity index (χ1) is 13.2. The van der Waals surface area contributed by atoms with Crippen LogP contribution >= 0.6 is 24.0 Å². The average Bonchev–Trinajstić information content (AvgIpc) is 3.17. The van der Waals surface area contributed by atoms with Crippen molar-refractivity contribution < 1.29 is 9.15 Å². The molecule has 1 saturated heterocycles. The molecule has 4 rings (SSSR count). The van der Waals surface area contributed by atoms with Crippen LogP contribution in [0.15, 0.2) is 59.2 Å². The third kappa shape index (κ3) is 4.50. The summed E-state index contributed by atoms with van der Waals surface area (Å²) >= 11 is 6.08. The van der Waals surface area contributed by atoms with E-state index in [0.29, 0.717) is 17.5 Å². The molecule has 1 atom stereocenters. The fourth-order valence-electron chi connectivity index (χ4n) is 3.53. The summed E-state index contributed by atoms with van der Waals surface area (Å²) in [4.78, 5) is 7.08. The summed E-state index contributed by atoms with van der Waals surface area (Å²) in [5, 5.41) is 4.15. The Morgan fingerprint density at radius 2 is 2.11 bits per heavy atom. The van der Waals surface area contributed by atoms with Crippen LogP contribution < -0.4 is 10.1 Å². The Kier molecular flexibility index (Phi) is 6.97. The zero-order valence-corrected chi connectivity index (χ0v) is 17.2. The highest BCUT2D eigenvalue weighted by atomic mass is 35.5. The van der Waals surface area contributed by atoms with Crippen LogP contribution in [0.25, 0.3) is 11.5 Å². The van der Waals surface area contributed by atoms with E-state index >= 15 is 0 Å². The quantitative estimate of drug-likeness (QED) is 0.655. The van der Waals surface area contributed by atoms with Crippen molar-refractivity contribution >= 4 is 24.0 Å². The molecule has 1 N–H and O–H groups in total. The molecule has 1 unspecified atom stereocenters. The van der Waals surface area contributed by atoms with Crippen molar-refractivity contribution in [2.75, 3.05) is 26.7 Å². The largest absolute Gasteiger partial charge is 0.496 e. The van der Waals surface area contributed by atoms with Crippen molar-refractivity contribution in [2.24, 2.45) is 0 Å². The number of nitrogens with zero attached hydrogens (tertiary/aromatic N) is 2. The highest BCUT2D eigenvalue weighted by Crippen LogP contribution is 2.31. The van der Waals surface area contributed by atoms with Crippen LogP contribution in [-0.4, -0.2) is 36.6 Å². The predicted molar refractivity (Wildman–Crippen MR) is 113 cm³/mol. The molecule has 1 aliphatic heterocycles. The van der Waals surface area contributed by atoms with E-state index in [4.69, 9.17) is 20.8 Å². The minimum Gasteiger partial charge on any atom is -0.496 e. The summed E-state index contributed by atoms with van der Waals surface area (Å²) in [6, 6.07) is 16.0. The first kappa shape index (κ1) is 20.7. The van der Waals surface area contributed by atoms with E-state index in [1.54, 1.807) is 13.4 Å². The van der Waals surface area contributed by atoms with Gasteiger partial charge in [-0.15, -0.1) is 12.4 Å². The molecule has 1 aromatic heterocycles. The van der Waals surface area contributed by atoms with E-state index in [2.05, 4.69) is 27.3 Å². The molecule has 5 nitrogen and oxygen atoms in total. The average molecular weight is 420 g/mol. The van der Waals surface area contributed by atoms with Gasteiger partial charge in [0.2, 0.25) is 5.89 Å². The van der Waals surface area contributed by atoms with Crippen molar-refractivity contribution in [1.29, 1.82) is 0 Å². The number of benzene rings is 2. The number of piperazine rings is 1. The summed E-state index contributed by atoms with van der Waals surface area (Å²) in [6.07, 6.45) is 1.73. The van der Waals surface area contributed by atoms with Crippen LogP contribution in [0.1, 0.15) is 17.3 Å². The second-order valence-corrected chi connectivity index (χ2v) is 7.02. The van der Waals surface area contributed by atoms with E-state index in [0.717, 1.165) is 36.6 Å². The Morgan fingerprint density at radius 3 is 2.93 bits per heavy atom. The van der Waals surface area contributed by atoms with Gasteiger partial charge in [0.1, 0.15) is 12.0 Å². The van der Waals surface area contributed by atoms with Crippen molar-refractivity contribution in [1.82, 2.24) is 15.2 Å². The smallest absolute Gasteiger partial charge is 0.226 e. The van der Waals surface area contributed by atoms with Crippen molar-refractivity contribution in [3.63, 3.8) is 0 Å². The van der Waals surface area contributed by atoms with Gasteiger partial charge in [0.15, 0.2) is 0 Å². The van der Waals surface area contributed by atoms with Gasteiger partial charge in [0.05, 0.1) is 18.8 Å². The van der Waals surface area contributed by atoms with Gasteiger partial charge < -0.3 is 14.5 Å². The summed E-state index contributed by atoms with van der Waals surface area (Å²) in [6.45, 7) is 3.47. The van der Waals surface area contributed by atoms with Crippen LogP contribution in [-0.2, 0) is 6.54 Å². The van der Waals surface area contributed by atoms with Crippen LogP contribution in [0, 0.1) is 0 Å². The molecule has 0 saturated carbocycles. The molecule has 7 heteroatoms. The molecule has 28 heavy (non-hydrogen) atoms. The number of aromatic nitrogens is 1. The highest BCUT2D eigenvalue weighted by Gasteiger charge is 2.27. The van der Waals surface area contributed by atoms with Gasteiger partial charge in [0, 0.05) is 42.3 Å². The fourth-order valence-corrected chi connectivity index (χ4v) is 3.72. The van der Waals surface area contributed by atoms with Gasteiger partial charge in [-0.3, -0.25) is 4.90 Å². The molecule has 2 heterocycles. The number of hydrogen-bond acceptors (Lipinski definition) is 5. The Hall–Kier alpha value is -2.05. The van der Waals surface area contributed by atoms with Crippen LogP contribution in [0.4, 0.5) is 0 Å². The summed E-state index contributed by atoms with van der Waals surface area (Å²) in [5.74, 6) is 1.51. The monoisotopic (exact) mass is 419 g/mol. The molecular weight excluding hydrogens is 397 g/mol. The lowest BCUT2D eigenvalue weighted by Gasteiger charge is -2.36. The fraction of sp³-hybridized carbons (Fsp3) is 0.286. The first-order valence-corrected chi connectivity index (χ1v) is 9.40. The normalized spacial score (nSPS) is 17.1. The van der Waals surface area contributed by atoms with Crippen LogP contribution in [0.5, 0.6) is 5.75 Å². The summed E-state index contributed by atoms with van der Waals surface area (Å²) in [7, 11) is 1.72. The number of halogens is 2. The number of nitrogens with one attached hydrogen (secondary N) is 1. The zero-order chi connectivity index (χ0) is 18.6. The zero-order valence-electron chi connectivity index (χ0n) is 15.6. The number of oxazole rings is 1. The number of rotatable bonds is 5. The standard InChI is InChI=1S/C21H22ClN3O2.ClH/c1-26-20-8-3-2-7-18(20)19-12-23-9-10-25(19)13-17-14-27-21(24-17)15-5-4-6-16(22)11-15;/h2-8,11,14,19,23H,9-10,12-13H2,1H3;1H. The topological polar surface area (TPSA) is 50.5 Å². The van der Waals surface area contributed by atoms with Crippen molar-refractivity contribution in [3.8, 4) is 17.2 Å². The Balaban J connectivity index is 0.00000225. The van der Waals surface area contributed by atoms with Gasteiger partial charge in [0.25, 0.3) is 0 Å². The lowest BCUT2D eigenvalue weighted by Crippen LogP contribution is -2.45. The third-order valence-corrected chi connectivity index (χ3v) is 5.08. The number of hydrogen-bond donors (Lipinski definition) is 1. The minimum atomic E-state index is 0. The van der Waals surface area contributed by atoms with E-state index in [1.807, 2.05) is 36.4 Å². The van der Waals surface area contributed by atoms with Gasteiger partial charge in [-0.1, -0.05) is 35.9 Å². The van der Waals surface area contributed by atoms with Gasteiger partial charge in [-0.2, -0.15) is 0 Å². The van der Waals surface area contributed by atoms with E-state index in [9.17, 15) is 0 Å². The molecule has 1 fully saturated rings. The predicted octanol–water partition coefficient (Wildman–Crippen LogP) is 4.57. The maximum absolute atomic E-state index is 6.08.